The zero-order valence-electron chi connectivity index (χ0n) is 10.9. The largest absolute Gasteiger partial charge is 0.573 e. The van der Waals surface area contributed by atoms with Gasteiger partial charge in [0.05, 0.1) is 17.1 Å². The number of aliphatic carboxylic acids is 1. The lowest BCUT2D eigenvalue weighted by molar-refractivity contribution is -0.274. The number of halogens is 4. The van der Waals surface area contributed by atoms with Gasteiger partial charge >= 0.3 is 12.3 Å². The molecule has 1 N–H and O–H groups in total. The normalized spacial score (nSPS) is 11.3. The third-order valence-corrected chi connectivity index (χ3v) is 2.96. The predicted octanol–water partition coefficient (Wildman–Crippen LogP) is 3.93. The van der Waals surface area contributed by atoms with Crippen molar-refractivity contribution in [2.24, 2.45) is 0 Å². The first-order valence-corrected chi connectivity index (χ1v) is 6.35. The van der Waals surface area contributed by atoms with E-state index in [2.05, 4.69) is 9.72 Å². The Morgan fingerprint density at radius 2 is 2.00 bits per heavy atom. The lowest BCUT2D eigenvalue weighted by Crippen LogP contribution is -2.17. The van der Waals surface area contributed by atoms with Gasteiger partial charge in [0.15, 0.2) is 0 Å². The van der Waals surface area contributed by atoms with Crippen LogP contribution in [0.25, 0.3) is 11.1 Å². The van der Waals surface area contributed by atoms with Crippen LogP contribution in [0.4, 0.5) is 13.2 Å². The third-order valence-electron chi connectivity index (χ3n) is 2.64. The molecule has 0 radical (unpaired) electrons. The fourth-order valence-corrected chi connectivity index (χ4v) is 2.00. The van der Waals surface area contributed by atoms with Gasteiger partial charge in [0.25, 0.3) is 0 Å². The van der Waals surface area contributed by atoms with E-state index in [4.69, 9.17) is 16.7 Å². The molecular weight excluding hydrogens is 323 g/mol. The third kappa shape index (κ3) is 4.36. The van der Waals surface area contributed by atoms with Gasteiger partial charge in [0.1, 0.15) is 5.75 Å². The lowest BCUT2D eigenvalue weighted by atomic mass is 10.1. The van der Waals surface area contributed by atoms with Crippen LogP contribution >= 0.6 is 11.6 Å². The van der Waals surface area contributed by atoms with Gasteiger partial charge in [-0.3, -0.25) is 9.78 Å². The van der Waals surface area contributed by atoms with Crippen LogP contribution in [0.15, 0.2) is 36.5 Å². The van der Waals surface area contributed by atoms with E-state index in [9.17, 15) is 18.0 Å². The molecule has 4 nitrogen and oxygen atoms in total. The molecule has 0 aliphatic rings. The van der Waals surface area contributed by atoms with E-state index in [1.165, 1.54) is 30.5 Å². The van der Waals surface area contributed by atoms with Crippen LogP contribution in [-0.2, 0) is 11.2 Å². The summed E-state index contributed by atoms with van der Waals surface area (Å²) < 4.78 is 40.4. The number of benzene rings is 1. The van der Waals surface area contributed by atoms with Crippen molar-refractivity contribution < 1.29 is 27.8 Å². The highest BCUT2D eigenvalue weighted by Crippen LogP contribution is 2.29. The zero-order chi connectivity index (χ0) is 16.3. The first-order chi connectivity index (χ1) is 10.2. The zero-order valence-corrected chi connectivity index (χ0v) is 11.6. The maximum atomic E-state index is 12.2. The second kappa shape index (κ2) is 6.23. The molecule has 0 bridgehead atoms. The van der Waals surface area contributed by atoms with Gasteiger partial charge in [0, 0.05) is 11.8 Å². The highest BCUT2D eigenvalue weighted by molar-refractivity contribution is 6.31. The molecular formula is C14H9ClF3NO3. The summed E-state index contributed by atoms with van der Waals surface area (Å²) in [6, 6.07) is 6.77. The minimum Gasteiger partial charge on any atom is -0.481 e. The van der Waals surface area contributed by atoms with Crippen LogP contribution in [0.3, 0.4) is 0 Å². The smallest absolute Gasteiger partial charge is 0.481 e. The number of rotatable bonds is 4. The molecule has 116 valence electrons. The summed E-state index contributed by atoms with van der Waals surface area (Å²) in [5, 5.41) is 8.83. The first kappa shape index (κ1) is 16.1. The van der Waals surface area contributed by atoms with Crippen molar-refractivity contribution in [3.63, 3.8) is 0 Å². The molecule has 0 saturated heterocycles. The molecule has 1 aromatic carbocycles. The Balaban J connectivity index is 2.30. The van der Waals surface area contributed by atoms with Crippen molar-refractivity contribution in [3.05, 3.63) is 47.2 Å². The molecule has 8 heteroatoms. The number of carbonyl (C=O) groups is 1. The van der Waals surface area contributed by atoms with Gasteiger partial charge < -0.3 is 9.84 Å². The molecule has 2 aromatic rings. The van der Waals surface area contributed by atoms with Gasteiger partial charge in [-0.15, -0.1) is 13.2 Å². The highest BCUT2D eigenvalue weighted by atomic mass is 35.5. The van der Waals surface area contributed by atoms with E-state index >= 15 is 0 Å². The maximum Gasteiger partial charge on any atom is 0.573 e. The standard InChI is InChI=1S/C14H9ClF3NO3/c15-11-5-9(7-19-12(11)6-13(20)21)8-2-1-3-10(4-8)22-14(16,17)18/h1-5,7H,6H2,(H,20,21). The van der Waals surface area contributed by atoms with Crippen molar-refractivity contribution in [2.75, 3.05) is 0 Å². The van der Waals surface area contributed by atoms with Gasteiger partial charge in [0.2, 0.25) is 0 Å². The molecule has 2 rings (SSSR count). The van der Waals surface area contributed by atoms with E-state index in [1.807, 2.05) is 0 Å². The minimum absolute atomic E-state index is 0.127. The Labute approximate surface area is 128 Å². The molecule has 0 spiro atoms. The second-order valence-corrected chi connectivity index (χ2v) is 4.71. The number of nitrogens with zero attached hydrogens (tertiary/aromatic N) is 1. The van der Waals surface area contributed by atoms with E-state index in [0.29, 0.717) is 11.1 Å². The SMILES string of the molecule is O=C(O)Cc1ncc(-c2cccc(OC(F)(F)F)c2)cc1Cl. The Morgan fingerprint density at radius 1 is 1.27 bits per heavy atom. The molecule has 0 aliphatic carbocycles. The number of alkyl halides is 3. The average Bonchev–Trinajstić information content (AvgIpc) is 2.39. The number of hydrogen-bond donors (Lipinski definition) is 1. The molecule has 1 heterocycles. The van der Waals surface area contributed by atoms with Crippen LogP contribution in [-0.4, -0.2) is 22.4 Å². The van der Waals surface area contributed by atoms with E-state index < -0.39 is 12.3 Å². The minimum atomic E-state index is -4.78. The highest BCUT2D eigenvalue weighted by Gasteiger charge is 2.31. The van der Waals surface area contributed by atoms with Crippen LogP contribution in [0, 0.1) is 0 Å². The molecule has 0 fully saturated rings. The monoisotopic (exact) mass is 331 g/mol. The summed E-state index contributed by atoms with van der Waals surface area (Å²) in [4.78, 5) is 14.6. The van der Waals surface area contributed by atoms with Crippen LogP contribution in [0.2, 0.25) is 5.02 Å². The Kier molecular flexibility index (Phi) is 4.56. The number of aromatic nitrogens is 1. The van der Waals surface area contributed by atoms with Gasteiger partial charge in [-0.1, -0.05) is 23.7 Å². The quantitative estimate of drug-likeness (QED) is 0.922. The molecule has 1 aromatic heterocycles. The lowest BCUT2D eigenvalue weighted by Gasteiger charge is -2.10. The molecule has 0 saturated carbocycles. The number of carboxylic acids is 1. The summed E-state index contributed by atoms with van der Waals surface area (Å²) in [7, 11) is 0. The van der Waals surface area contributed by atoms with E-state index in [-0.39, 0.29) is 22.9 Å². The first-order valence-electron chi connectivity index (χ1n) is 5.97. The number of ether oxygens (including phenoxy) is 1. The molecule has 22 heavy (non-hydrogen) atoms. The number of pyridine rings is 1. The Hall–Kier alpha value is -2.28. The van der Waals surface area contributed by atoms with Gasteiger partial charge in [-0.2, -0.15) is 0 Å². The van der Waals surface area contributed by atoms with Gasteiger partial charge in [-0.25, -0.2) is 0 Å². The molecule has 0 atom stereocenters. The van der Waals surface area contributed by atoms with Crippen LogP contribution < -0.4 is 4.74 Å². The summed E-state index contributed by atoms with van der Waals surface area (Å²) in [5.74, 6) is -1.45. The summed E-state index contributed by atoms with van der Waals surface area (Å²) in [6.45, 7) is 0. The van der Waals surface area contributed by atoms with Crippen molar-refractivity contribution in [3.8, 4) is 16.9 Å². The summed E-state index contributed by atoms with van der Waals surface area (Å²) >= 11 is 5.93. The summed E-state index contributed by atoms with van der Waals surface area (Å²) in [5.41, 5.74) is 1.05. The molecule has 0 amide bonds. The number of hydrogen-bond acceptors (Lipinski definition) is 3. The van der Waals surface area contributed by atoms with Crippen molar-refractivity contribution in [2.45, 2.75) is 12.8 Å². The number of carboxylic acid groups (broad SMARTS) is 1. The van der Waals surface area contributed by atoms with Crippen molar-refractivity contribution in [1.29, 1.82) is 0 Å². The van der Waals surface area contributed by atoms with Gasteiger partial charge in [-0.05, 0) is 23.8 Å². The second-order valence-electron chi connectivity index (χ2n) is 4.30. The van der Waals surface area contributed by atoms with Crippen molar-refractivity contribution in [1.82, 2.24) is 4.98 Å². The van der Waals surface area contributed by atoms with Crippen LogP contribution in [0.5, 0.6) is 5.75 Å². The average molecular weight is 332 g/mol. The summed E-state index contributed by atoms with van der Waals surface area (Å²) in [6.07, 6.45) is -3.77. The fraction of sp³-hybridized carbons (Fsp3) is 0.143. The Morgan fingerprint density at radius 3 is 2.59 bits per heavy atom. The topological polar surface area (TPSA) is 59.4 Å². The Bertz CT molecular complexity index is 704. The molecule has 0 aliphatic heterocycles. The molecule has 0 unspecified atom stereocenters. The fourth-order valence-electron chi connectivity index (χ4n) is 1.77. The predicted molar refractivity (Wildman–Crippen MR) is 72.7 cm³/mol. The maximum absolute atomic E-state index is 12.2. The van der Waals surface area contributed by atoms with Crippen LogP contribution in [0.1, 0.15) is 5.69 Å². The van der Waals surface area contributed by atoms with E-state index in [0.717, 1.165) is 0 Å². The van der Waals surface area contributed by atoms with E-state index in [1.54, 1.807) is 6.07 Å². The van der Waals surface area contributed by atoms with Crippen molar-refractivity contribution >= 4 is 17.6 Å².